The van der Waals surface area contributed by atoms with Gasteiger partial charge in [-0.1, -0.05) is 0 Å². The van der Waals surface area contributed by atoms with Gasteiger partial charge in [-0.2, -0.15) is 0 Å². The van der Waals surface area contributed by atoms with Crippen molar-refractivity contribution in [3.05, 3.63) is 53.6 Å². The van der Waals surface area contributed by atoms with Crippen LogP contribution in [0.1, 0.15) is 43.6 Å². The molecule has 122 valence electrons. The lowest BCUT2D eigenvalue weighted by Crippen LogP contribution is -2.12. The van der Waals surface area contributed by atoms with Crippen LogP contribution in [0, 0.1) is 0 Å². The van der Waals surface area contributed by atoms with Gasteiger partial charge in [-0.05, 0) is 70.2 Å². The average Bonchev–Trinajstić information content (AvgIpc) is 2.48. The molecule has 2 rings (SSSR count). The maximum absolute atomic E-state index is 12.6. The number of ketones is 1. The molecule has 2 aromatic carbocycles. The Morgan fingerprint density at radius 1 is 0.826 bits per heavy atom. The SMILES string of the molecule is CC(C)Oc1ccc(C(=O)c2ccc(N)cc2)cc1OC(C)C. The van der Waals surface area contributed by atoms with E-state index in [-0.39, 0.29) is 18.0 Å². The van der Waals surface area contributed by atoms with E-state index in [4.69, 9.17) is 15.2 Å². The van der Waals surface area contributed by atoms with Crippen LogP contribution in [0.3, 0.4) is 0 Å². The largest absolute Gasteiger partial charge is 0.487 e. The van der Waals surface area contributed by atoms with E-state index < -0.39 is 0 Å². The number of nitrogens with two attached hydrogens (primary N) is 1. The average molecular weight is 313 g/mol. The lowest BCUT2D eigenvalue weighted by atomic mass is 10.0. The zero-order valence-corrected chi connectivity index (χ0v) is 14.0. The number of carbonyl (C=O) groups is 1. The normalized spacial score (nSPS) is 10.9. The molecule has 4 nitrogen and oxygen atoms in total. The second-order valence-electron chi connectivity index (χ2n) is 5.95. The molecule has 4 heteroatoms. The standard InChI is InChI=1S/C19H23NO3/c1-12(2)22-17-10-7-15(11-18(17)23-13(3)4)19(21)14-5-8-16(20)9-6-14/h5-13H,20H2,1-4H3. The molecule has 0 spiro atoms. The number of hydrogen-bond donors (Lipinski definition) is 1. The Hall–Kier alpha value is -2.49. The van der Waals surface area contributed by atoms with E-state index in [2.05, 4.69) is 0 Å². The monoisotopic (exact) mass is 313 g/mol. The lowest BCUT2D eigenvalue weighted by Gasteiger charge is -2.17. The Labute approximate surface area is 137 Å². The van der Waals surface area contributed by atoms with Crippen molar-refractivity contribution in [2.45, 2.75) is 39.9 Å². The summed E-state index contributed by atoms with van der Waals surface area (Å²) < 4.78 is 11.5. The molecule has 2 N–H and O–H groups in total. The molecular formula is C19H23NO3. The van der Waals surface area contributed by atoms with Crippen molar-refractivity contribution >= 4 is 11.5 Å². The van der Waals surface area contributed by atoms with Crippen LogP contribution in [0.15, 0.2) is 42.5 Å². The number of ether oxygens (including phenoxy) is 2. The van der Waals surface area contributed by atoms with Crippen LogP contribution in [0.4, 0.5) is 5.69 Å². The maximum Gasteiger partial charge on any atom is 0.193 e. The molecule has 0 aliphatic rings. The van der Waals surface area contributed by atoms with Gasteiger partial charge in [0.15, 0.2) is 17.3 Å². The summed E-state index contributed by atoms with van der Waals surface area (Å²) in [5.41, 5.74) is 7.44. The second kappa shape index (κ2) is 7.18. The Morgan fingerprint density at radius 2 is 1.35 bits per heavy atom. The molecule has 23 heavy (non-hydrogen) atoms. The molecule has 0 unspecified atom stereocenters. The zero-order chi connectivity index (χ0) is 17.0. The van der Waals surface area contributed by atoms with Crippen molar-refractivity contribution in [3.63, 3.8) is 0 Å². The fourth-order valence-corrected chi connectivity index (χ4v) is 2.15. The van der Waals surface area contributed by atoms with Crippen molar-refractivity contribution in [2.75, 3.05) is 5.73 Å². The first-order valence-corrected chi connectivity index (χ1v) is 7.74. The lowest BCUT2D eigenvalue weighted by molar-refractivity contribution is 0.103. The van der Waals surface area contributed by atoms with Gasteiger partial charge in [0.2, 0.25) is 0 Å². The summed E-state index contributed by atoms with van der Waals surface area (Å²) in [5.74, 6) is 1.15. The van der Waals surface area contributed by atoms with E-state index in [0.717, 1.165) is 0 Å². The maximum atomic E-state index is 12.6. The third-order valence-corrected chi connectivity index (χ3v) is 3.10. The quantitative estimate of drug-likeness (QED) is 0.645. The van der Waals surface area contributed by atoms with Gasteiger partial charge >= 0.3 is 0 Å². The van der Waals surface area contributed by atoms with Crippen molar-refractivity contribution in [1.82, 2.24) is 0 Å². The van der Waals surface area contributed by atoms with Gasteiger partial charge < -0.3 is 15.2 Å². The van der Waals surface area contributed by atoms with E-state index in [0.29, 0.717) is 28.3 Å². The smallest absolute Gasteiger partial charge is 0.193 e. The van der Waals surface area contributed by atoms with Gasteiger partial charge in [0.1, 0.15) is 0 Å². The van der Waals surface area contributed by atoms with Crippen LogP contribution < -0.4 is 15.2 Å². The predicted octanol–water partition coefficient (Wildman–Crippen LogP) is 4.07. The summed E-state index contributed by atoms with van der Waals surface area (Å²) >= 11 is 0. The first-order chi connectivity index (χ1) is 10.9. The number of anilines is 1. The first kappa shape index (κ1) is 16.9. The number of nitrogen functional groups attached to an aromatic ring is 1. The number of hydrogen-bond acceptors (Lipinski definition) is 4. The van der Waals surface area contributed by atoms with Crippen molar-refractivity contribution in [2.24, 2.45) is 0 Å². The van der Waals surface area contributed by atoms with Crippen LogP contribution in [-0.2, 0) is 0 Å². The van der Waals surface area contributed by atoms with Crippen LogP contribution >= 0.6 is 0 Å². The van der Waals surface area contributed by atoms with Crippen molar-refractivity contribution < 1.29 is 14.3 Å². The highest BCUT2D eigenvalue weighted by molar-refractivity contribution is 6.09. The predicted molar refractivity (Wildman–Crippen MR) is 92.3 cm³/mol. The van der Waals surface area contributed by atoms with Crippen LogP contribution in [-0.4, -0.2) is 18.0 Å². The molecule has 2 aromatic rings. The third kappa shape index (κ3) is 4.49. The Bertz CT molecular complexity index is 676. The highest BCUT2D eigenvalue weighted by atomic mass is 16.5. The highest BCUT2D eigenvalue weighted by Gasteiger charge is 2.15. The van der Waals surface area contributed by atoms with Gasteiger partial charge in [-0.25, -0.2) is 0 Å². The van der Waals surface area contributed by atoms with E-state index in [1.54, 1.807) is 42.5 Å². The molecule has 0 heterocycles. The minimum Gasteiger partial charge on any atom is -0.487 e. The molecule has 0 fully saturated rings. The fourth-order valence-electron chi connectivity index (χ4n) is 2.15. The molecule has 0 saturated heterocycles. The van der Waals surface area contributed by atoms with Gasteiger partial charge in [0, 0.05) is 16.8 Å². The zero-order valence-electron chi connectivity index (χ0n) is 14.0. The molecule has 0 amide bonds. The number of benzene rings is 2. The molecule has 0 atom stereocenters. The van der Waals surface area contributed by atoms with E-state index in [1.165, 1.54) is 0 Å². The topological polar surface area (TPSA) is 61.5 Å². The van der Waals surface area contributed by atoms with Gasteiger partial charge in [0.25, 0.3) is 0 Å². The van der Waals surface area contributed by atoms with Crippen LogP contribution in [0.5, 0.6) is 11.5 Å². The summed E-state index contributed by atoms with van der Waals surface area (Å²) in [7, 11) is 0. The summed E-state index contributed by atoms with van der Waals surface area (Å²) in [4.78, 5) is 12.6. The van der Waals surface area contributed by atoms with Gasteiger partial charge in [-0.15, -0.1) is 0 Å². The Balaban J connectivity index is 2.35. The van der Waals surface area contributed by atoms with Gasteiger partial charge in [0.05, 0.1) is 12.2 Å². The van der Waals surface area contributed by atoms with Crippen LogP contribution in [0.25, 0.3) is 0 Å². The van der Waals surface area contributed by atoms with Crippen molar-refractivity contribution in [3.8, 4) is 11.5 Å². The Morgan fingerprint density at radius 3 is 1.91 bits per heavy atom. The molecule has 0 saturated carbocycles. The molecule has 0 aliphatic heterocycles. The molecule has 0 radical (unpaired) electrons. The highest BCUT2D eigenvalue weighted by Crippen LogP contribution is 2.31. The minimum atomic E-state index is -0.0743. The summed E-state index contributed by atoms with van der Waals surface area (Å²) in [6.07, 6.45) is 0.0227. The molecule has 0 bridgehead atoms. The fraction of sp³-hybridized carbons (Fsp3) is 0.316. The van der Waals surface area contributed by atoms with Crippen LogP contribution in [0.2, 0.25) is 0 Å². The third-order valence-electron chi connectivity index (χ3n) is 3.10. The Kier molecular flexibility index (Phi) is 5.27. The summed E-state index contributed by atoms with van der Waals surface area (Å²) in [5, 5.41) is 0. The van der Waals surface area contributed by atoms with E-state index in [1.807, 2.05) is 27.7 Å². The number of rotatable bonds is 6. The first-order valence-electron chi connectivity index (χ1n) is 7.74. The van der Waals surface area contributed by atoms with E-state index >= 15 is 0 Å². The van der Waals surface area contributed by atoms with Crippen molar-refractivity contribution in [1.29, 1.82) is 0 Å². The second-order valence-corrected chi connectivity index (χ2v) is 5.95. The summed E-state index contributed by atoms with van der Waals surface area (Å²) in [6.45, 7) is 7.78. The number of carbonyl (C=O) groups excluding carboxylic acids is 1. The summed E-state index contributed by atoms with van der Waals surface area (Å²) in [6, 6.07) is 12.1. The van der Waals surface area contributed by atoms with E-state index in [9.17, 15) is 4.79 Å². The van der Waals surface area contributed by atoms with Gasteiger partial charge in [-0.3, -0.25) is 4.79 Å². The minimum absolute atomic E-state index is 0.00797. The molecular weight excluding hydrogens is 290 g/mol. The molecule has 0 aromatic heterocycles. The molecule has 0 aliphatic carbocycles.